The lowest BCUT2D eigenvalue weighted by molar-refractivity contribution is -0.131. The number of amides is 1. The van der Waals surface area contributed by atoms with E-state index in [-0.39, 0.29) is 5.91 Å². The lowest BCUT2D eigenvalue weighted by Crippen LogP contribution is -2.43. The van der Waals surface area contributed by atoms with Crippen LogP contribution in [0.25, 0.3) is 0 Å². The molecular weight excluding hydrogens is 216 g/mol. The van der Waals surface area contributed by atoms with Gasteiger partial charge in [-0.25, -0.2) is 0 Å². The fourth-order valence-electron chi connectivity index (χ4n) is 2.24. The Morgan fingerprint density at radius 1 is 1.29 bits per heavy atom. The van der Waals surface area contributed by atoms with E-state index in [0.29, 0.717) is 13.0 Å². The Balaban J connectivity index is 1.63. The molecule has 5 heteroatoms. The first-order chi connectivity index (χ1) is 8.36. The van der Waals surface area contributed by atoms with E-state index in [9.17, 15) is 4.79 Å². The molecule has 2 N–H and O–H groups in total. The Morgan fingerprint density at radius 2 is 2.12 bits per heavy atom. The van der Waals surface area contributed by atoms with Gasteiger partial charge in [0, 0.05) is 39.1 Å². The fourth-order valence-corrected chi connectivity index (χ4v) is 2.24. The van der Waals surface area contributed by atoms with Gasteiger partial charge in [0.1, 0.15) is 0 Å². The van der Waals surface area contributed by atoms with Crippen LogP contribution in [0.2, 0.25) is 0 Å². The molecule has 1 amide bonds. The number of hydrogen-bond acceptors (Lipinski definition) is 4. The van der Waals surface area contributed by atoms with Crippen molar-refractivity contribution in [3.05, 3.63) is 0 Å². The molecule has 0 unspecified atom stereocenters. The minimum Gasteiger partial charge on any atom is -0.356 e. The van der Waals surface area contributed by atoms with Crippen LogP contribution in [0.15, 0.2) is 4.99 Å². The van der Waals surface area contributed by atoms with E-state index in [4.69, 9.17) is 0 Å². The van der Waals surface area contributed by atoms with Gasteiger partial charge in [-0.2, -0.15) is 0 Å². The van der Waals surface area contributed by atoms with Crippen LogP contribution in [0.4, 0.5) is 0 Å². The van der Waals surface area contributed by atoms with Crippen LogP contribution in [0.3, 0.4) is 0 Å². The number of aliphatic imine (C=N–C) groups is 1. The zero-order valence-corrected chi connectivity index (χ0v) is 10.4. The molecule has 0 saturated carbocycles. The summed E-state index contributed by atoms with van der Waals surface area (Å²) in [5.41, 5.74) is 0. The number of carbonyl (C=O) groups excluding carboxylic acids is 1. The Kier molecular flexibility index (Phi) is 4.64. The third-order valence-electron chi connectivity index (χ3n) is 3.24. The lowest BCUT2D eigenvalue weighted by atomic mass is 10.1. The third-order valence-corrected chi connectivity index (χ3v) is 3.24. The molecule has 5 nitrogen and oxygen atoms in total. The summed E-state index contributed by atoms with van der Waals surface area (Å²) < 4.78 is 0. The van der Waals surface area contributed by atoms with Crippen LogP contribution in [-0.2, 0) is 4.79 Å². The van der Waals surface area contributed by atoms with Gasteiger partial charge in [-0.1, -0.05) is 0 Å². The van der Waals surface area contributed by atoms with Gasteiger partial charge < -0.3 is 15.5 Å². The maximum atomic E-state index is 11.9. The van der Waals surface area contributed by atoms with Gasteiger partial charge in [0.25, 0.3) is 0 Å². The highest BCUT2D eigenvalue weighted by Crippen LogP contribution is 2.09. The smallest absolute Gasteiger partial charge is 0.224 e. The molecule has 2 heterocycles. The fraction of sp³-hybridized carbons (Fsp3) is 0.833. The average Bonchev–Trinajstić information content (AvgIpc) is 2.41. The molecule has 1 fully saturated rings. The summed E-state index contributed by atoms with van der Waals surface area (Å²) in [7, 11) is 0. The number of guanidine groups is 1. The molecule has 96 valence electrons. The molecule has 1 saturated heterocycles. The number of likely N-dealkylation sites (tertiary alicyclic amines) is 1. The molecule has 17 heavy (non-hydrogen) atoms. The Hall–Kier alpha value is -1.26. The van der Waals surface area contributed by atoms with Crippen molar-refractivity contribution in [1.82, 2.24) is 15.5 Å². The van der Waals surface area contributed by atoms with Gasteiger partial charge in [-0.3, -0.25) is 9.79 Å². The summed E-state index contributed by atoms with van der Waals surface area (Å²) in [6.07, 6.45) is 5.25. The molecule has 0 bridgehead atoms. The zero-order valence-electron chi connectivity index (χ0n) is 10.4. The van der Waals surface area contributed by atoms with Crippen molar-refractivity contribution in [2.45, 2.75) is 32.1 Å². The van der Waals surface area contributed by atoms with E-state index in [1.165, 1.54) is 6.42 Å². The van der Waals surface area contributed by atoms with E-state index >= 15 is 0 Å². The highest BCUT2D eigenvalue weighted by atomic mass is 16.2. The maximum absolute atomic E-state index is 11.9. The van der Waals surface area contributed by atoms with Gasteiger partial charge >= 0.3 is 0 Å². The van der Waals surface area contributed by atoms with Crippen LogP contribution in [0.1, 0.15) is 32.1 Å². The van der Waals surface area contributed by atoms with Crippen molar-refractivity contribution >= 4 is 11.9 Å². The van der Waals surface area contributed by atoms with E-state index < -0.39 is 0 Å². The highest BCUT2D eigenvalue weighted by molar-refractivity contribution is 5.81. The Labute approximate surface area is 103 Å². The molecule has 0 aromatic heterocycles. The molecule has 2 aliphatic rings. The summed E-state index contributed by atoms with van der Waals surface area (Å²) >= 11 is 0. The number of nitrogens with one attached hydrogen (secondary N) is 2. The molecule has 0 atom stereocenters. The predicted octanol–water partition coefficient (Wildman–Crippen LogP) is 0.328. The van der Waals surface area contributed by atoms with E-state index in [2.05, 4.69) is 15.6 Å². The number of nitrogens with zero attached hydrogens (tertiary/aromatic N) is 2. The van der Waals surface area contributed by atoms with Crippen LogP contribution in [0.5, 0.6) is 0 Å². The number of rotatable bonds is 3. The van der Waals surface area contributed by atoms with Crippen molar-refractivity contribution in [2.75, 3.05) is 32.7 Å². The molecule has 0 aliphatic carbocycles. The summed E-state index contributed by atoms with van der Waals surface area (Å²) in [5.74, 6) is 1.12. The lowest BCUT2D eigenvalue weighted by Gasteiger charge is -2.27. The molecule has 0 radical (unpaired) electrons. The van der Waals surface area contributed by atoms with E-state index in [1.807, 2.05) is 4.90 Å². The quantitative estimate of drug-likeness (QED) is 0.745. The highest BCUT2D eigenvalue weighted by Gasteiger charge is 2.15. The van der Waals surface area contributed by atoms with Crippen molar-refractivity contribution in [3.63, 3.8) is 0 Å². The summed E-state index contributed by atoms with van der Waals surface area (Å²) in [6, 6.07) is 0. The second kappa shape index (κ2) is 6.47. The first kappa shape index (κ1) is 12.2. The summed E-state index contributed by atoms with van der Waals surface area (Å²) in [5, 5.41) is 6.37. The summed E-state index contributed by atoms with van der Waals surface area (Å²) in [6.45, 7) is 4.43. The normalized spacial score (nSPS) is 20.5. The number of carbonyl (C=O) groups is 1. The van der Waals surface area contributed by atoms with Gasteiger partial charge in [0.05, 0.1) is 0 Å². The van der Waals surface area contributed by atoms with Crippen LogP contribution in [-0.4, -0.2) is 49.5 Å². The third kappa shape index (κ3) is 3.91. The van der Waals surface area contributed by atoms with Crippen molar-refractivity contribution < 1.29 is 4.79 Å². The molecule has 0 aromatic carbocycles. The minimum atomic E-state index is 0.272. The molecular formula is C12H22N4O. The van der Waals surface area contributed by atoms with E-state index in [1.54, 1.807) is 0 Å². The molecule has 0 aromatic rings. The summed E-state index contributed by atoms with van der Waals surface area (Å²) in [4.78, 5) is 18.2. The van der Waals surface area contributed by atoms with Crippen LogP contribution in [0, 0.1) is 0 Å². The van der Waals surface area contributed by atoms with E-state index in [0.717, 1.165) is 51.4 Å². The van der Waals surface area contributed by atoms with Gasteiger partial charge in [0.2, 0.25) is 5.91 Å². The number of hydrogen-bond donors (Lipinski definition) is 2. The predicted molar refractivity (Wildman–Crippen MR) is 68.0 cm³/mol. The zero-order chi connectivity index (χ0) is 11.9. The van der Waals surface area contributed by atoms with Crippen LogP contribution < -0.4 is 10.6 Å². The second-order valence-corrected chi connectivity index (χ2v) is 4.63. The number of piperidine rings is 1. The molecule has 2 aliphatic heterocycles. The van der Waals surface area contributed by atoms with Crippen molar-refractivity contribution in [1.29, 1.82) is 0 Å². The SMILES string of the molecule is O=C(CCNC1=NCCCN1)N1CCCCC1. The molecule has 2 rings (SSSR count). The topological polar surface area (TPSA) is 56.7 Å². The largest absolute Gasteiger partial charge is 0.356 e. The Bertz CT molecular complexity index is 284. The average molecular weight is 238 g/mol. The minimum absolute atomic E-state index is 0.272. The Morgan fingerprint density at radius 3 is 2.82 bits per heavy atom. The second-order valence-electron chi connectivity index (χ2n) is 4.63. The van der Waals surface area contributed by atoms with Crippen molar-refractivity contribution in [3.8, 4) is 0 Å². The van der Waals surface area contributed by atoms with Gasteiger partial charge in [-0.05, 0) is 25.7 Å². The van der Waals surface area contributed by atoms with Crippen LogP contribution >= 0.6 is 0 Å². The van der Waals surface area contributed by atoms with Gasteiger partial charge in [-0.15, -0.1) is 0 Å². The standard InChI is InChI=1S/C12H22N4O/c17-11(16-9-2-1-3-10-16)5-8-15-12-13-6-4-7-14-12/h1-10H2,(H2,13,14,15). The first-order valence-electron chi connectivity index (χ1n) is 6.66. The van der Waals surface area contributed by atoms with Crippen molar-refractivity contribution in [2.24, 2.45) is 4.99 Å². The first-order valence-corrected chi connectivity index (χ1v) is 6.66. The van der Waals surface area contributed by atoms with Gasteiger partial charge in [0.15, 0.2) is 5.96 Å². The monoisotopic (exact) mass is 238 g/mol. The molecule has 0 spiro atoms. The maximum Gasteiger partial charge on any atom is 0.224 e.